The average molecular weight is 433 g/mol. The molecular weight excluding hydrogens is 412 g/mol. The Morgan fingerprint density at radius 3 is 2.16 bits per heavy atom. The SMILES string of the molecule is O=C1[C@@H]2[C@H]3C=C[C@H]([C@H]4C[C@H]34)[C@@H]2C(=O)N1/N=C\c1ccc(OCc2ccc(Cl)cc2)cc1. The molecule has 2 aromatic carbocycles. The fraction of sp³-hybridized carbons (Fsp3) is 0.320. The first kappa shape index (κ1) is 18.8. The largest absolute Gasteiger partial charge is 0.489 e. The highest BCUT2D eigenvalue weighted by atomic mass is 35.5. The number of ether oxygens (including phenoxy) is 1. The van der Waals surface area contributed by atoms with Crippen LogP contribution < -0.4 is 4.74 Å². The van der Waals surface area contributed by atoms with Crippen molar-refractivity contribution < 1.29 is 14.3 Å². The third-order valence-corrected chi connectivity index (χ3v) is 7.41. The summed E-state index contributed by atoms with van der Waals surface area (Å²) in [6.07, 6.45) is 7.07. The normalized spacial score (nSPS) is 32.5. The maximum Gasteiger partial charge on any atom is 0.254 e. The molecule has 7 rings (SSSR count). The Balaban J connectivity index is 1.12. The first-order valence-electron chi connectivity index (χ1n) is 10.7. The number of carbonyl (C=O) groups is 2. The van der Waals surface area contributed by atoms with E-state index < -0.39 is 0 Å². The Bertz CT molecular complexity index is 1070. The van der Waals surface area contributed by atoms with Crippen LogP contribution in [0.25, 0.3) is 0 Å². The Morgan fingerprint density at radius 1 is 0.935 bits per heavy atom. The van der Waals surface area contributed by atoms with E-state index in [0.717, 1.165) is 28.3 Å². The smallest absolute Gasteiger partial charge is 0.254 e. The molecule has 2 saturated carbocycles. The van der Waals surface area contributed by atoms with Crippen LogP contribution in [-0.4, -0.2) is 23.0 Å². The number of rotatable bonds is 5. The third kappa shape index (κ3) is 3.10. The number of nitrogens with zero attached hydrogens (tertiary/aromatic N) is 2. The van der Waals surface area contributed by atoms with Gasteiger partial charge in [0, 0.05) is 5.02 Å². The lowest BCUT2D eigenvalue weighted by molar-refractivity contribution is -0.140. The molecule has 6 atom stereocenters. The standard InChI is InChI=1S/C25H21ClN2O3/c26-16-5-1-15(2-6-16)13-31-17-7-3-14(4-8-17)12-27-28-24(29)22-18-9-10-19(21-11-20(18)21)23(22)25(28)30/h1-10,12,18-23H,11,13H2/b27-12-/t18-,19+,20-,21-,22+,23-/m1/s1. The highest BCUT2D eigenvalue weighted by Crippen LogP contribution is 2.65. The number of hydrazone groups is 1. The Hall–Kier alpha value is -2.92. The molecule has 1 heterocycles. The summed E-state index contributed by atoms with van der Waals surface area (Å²) in [5, 5.41) is 6.08. The molecule has 5 aliphatic rings. The van der Waals surface area contributed by atoms with Crippen molar-refractivity contribution in [1.29, 1.82) is 0 Å². The third-order valence-electron chi connectivity index (χ3n) is 7.16. The van der Waals surface area contributed by atoms with Crippen molar-refractivity contribution in [2.24, 2.45) is 40.6 Å². The van der Waals surface area contributed by atoms with Gasteiger partial charge in [0.05, 0.1) is 18.1 Å². The first-order chi connectivity index (χ1) is 15.1. The lowest BCUT2D eigenvalue weighted by Gasteiger charge is -2.37. The molecule has 31 heavy (non-hydrogen) atoms. The van der Waals surface area contributed by atoms with E-state index in [1.165, 1.54) is 0 Å². The van der Waals surface area contributed by atoms with Crippen molar-refractivity contribution in [3.05, 3.63) is 76.8 Å². The molecule has 0 radical (unpaired) electrons. The van der Waals surface area contributed by atoms with Crippen LogP contribution in [0.15, 0.2) is 65.8 Å². The molecule has 0 unspecified atom stereocenters. The zero-order chi connectivity index (χ0) is 21.1. The van der Waals surface area contributed by atoms with Crippen molar-refractivity contribution in [3.63, 3.8) is 0 Å². The van der Waals surface area contributed by atoms with Gasteiger partial charge in [-0.15, -0.1) is 0 Å². The number of halogens is 1. The summed E-state index contributed by atoms with van der Waals surface area (Å²) in [7, 11) is 0. The Labute approximate surface area is 185 Å². The molecule has 0 aromatic heterocycles. The number of carbonyl (C=O) groups excluding carboxylic acids is 2. The minimum absolute atomic E-state index is 0.140. The monoisotopic (exact) mass is 432 g/mol. The molecular formula is C25H21ClN2O3. The predicted octanol–water partition coefficient (Wildman–Crippen LogP) is 4.31. The molecule has 1 saturated heterocycles. The van der Waals surface area contributed by atoms with Gasteiger partial charge in [-0.1, -0.05) is 35.9 Å². The summed E-state index contributed by atoms with van der Waals surface area (Å²) >= 11 is 5.90. The Kier molecular flexibility index (Phi) is 4.29. The van der Waals surface area contributed by atoms with E-state index in [9.17, 15) is 9.59 Å². The van der Waals surface area contributed by atoms with Gasteiger partial charge in [-0.2, -0.15) is 10.1 Å². The van der Waals surface area contributed by atoms with Gasteiger partial charge in [0.15, 0.2) is 0 Å². The molecule has 5 nitrogen and oxygen atoms in total. The fourth-order valence-electron chi connectivity index (χ4n) is 5.58. The van der Waals surface area contributed by atoms with Crippen molar-refractivity contribution in [2.75, 3.05) is 0 Å². The molecule has 2 bridgehead atoms. The summed E-state index contributed by atoms with van der Waals surface area (Å²) in [4.78, 5) is 25.9. The molecule has 1 aliphatic heterocycles. The number of imide groups is 1. The maximum atomic E-state index is 12.9. The molecule has 0 N–H and O–H groups in total. The van der Waals surface area contributed by atoms with Crippen LogP contribution in [-0.2, 0) is 16.2 Å². The van der Waals surface area contributed by atoms with E-state index in [1.54, 1.807) is 6.21 Å². The van der Waals surface area contributed by atoms with Gasteiger partial charge in [0.25, 0.3) is 11.8 Å². The van der Waals surface area contributed by atoms with E-state index in [4.69, 9.17) is 16.3 Å². The topological polar surface area (TPSA) is 59.0 Å². The highest BCUT2D eigenvalue weighted by Gasteiger charge is 2.67. The van der Waals surface area contributed by atoms with E-state index in [2.05, 4.69) is 17.3 Å². The average Bonchev–Trinajstić information content (AvgIpc) is 3.57. The van der Waals surface area contributed by atoms with Crippen LogP contribution in [0.1, 0.15) is 17.5 Å². The zero-order valence-electron chi connectivity index (χ0n) is 16.7. The molecule has 2 aromatic rings. The van der Waals surface area contributed by atoms with E-state index >= 15 is 0 Å². The molecule has 0 spiro atoms. The summed E-state index contributed by atoms with van der Waals surface area (Å²) in [6, 6.07) is 14.9. The van der Waals surface area contributed by atoms with Crippen LogP contribution in [0.5, 0.6) is 5.75 Å². The quantitative estimate of drug-likeness (QED) is 0.402. The summed E-state index contributed by atoms with van der Waals surface area (Å²) in [5.41, 5.74) is 1.84. The van der Waals surface area contributed by atoms with Gasteiger partial charge < -0.3 is 4.74 Å². The van der Waals surface area contributed by atoms with E-state index in [0.29, 0.717) is 23.5 Å². The lowest BCUT2D eigenvalue weighted by atomic mass is 9.63. The first-order valence-corrected chi connectivity index (χ1v) is 11.1. The van der Waals surface area contributed by atoms with E-state index in [-0.39, 0.29) is 35.5 Å². The van der Waals surface area contributed by atoms with Gasteiger partial charge in [-0.3, -0.25) is 9.59 Å². The van der Waals surface area contributed by atoms with E-state index in [1.807, 2.05) is 48.5 Å². The minimum atomic E-state index is -0.216. The van der Waals surface area contributed by atoms with Gasteiger partial charge in [-0.25, -0.2) is 0 Å². The molecule has 156 valence electrons. The number of allylic oxidation sites excluding steroid dienone is 2. The van der Waals surface area contributed by atoms with Gasteiger partial charge in [0.2, 0.25) is 0 Å². The number of hydrogen-bond donors (Lipinski definition) is 0. The van der Waals surface area contributed by atoms with Gasteiger partial charge in [-0.05, 0) is 77.6 Å². The summed E-state index contributed by atoms with van der Waals surface area (Å²) < 4.78 is 5.79. The molecule has 4 aliphatic carbocycles. The minimum Gasteiger partial charge on any atom is -0.489 e. The second-order valence-electron chi connectivity index (χ2n) is 8.87. The maximum absolute atomic E-state index is 12.9. The van der Waals surface area contributed by atoms with Crippen LogP contribution in [0.3, 0.4) is 0 Å². The Morgan fingerprint density at radius 2 is 1.55 bits per heavy atom. The molecule has 6 heteroatoms. The van der Waals surface area contributed by atoms with Crippen molar-refractivity contribution >= 4 is 29.6 Å². The van der Waals surface area contributed by atoms with Crippen molar-refractivity contribution in [2.45, 2.75) is 13.0 Å². The second-order valence-corrected chi connectivity index (χ2v) is 9.31. The van der Waals surface area contributed by atoms with Crippen LogP contribution in [0.4, 0.5) is 0 Å². The summed E-state index contributed by atoms with van der Waals surface area (Å²) in [6.45, 7) is 0.447. The van der Waals surface area contributed by atoms with Crippen LogP contribution in [0, 0.1) is 35.5 Å². The summed E-state index contributed by atoms with van der Waals surface area (Å²) in [5.74, 6) is 1.64. The van der Waals surface area contributed by atoms with Gasteiger partial charge >= 0.3 is 0 Å². The number of benzene rings is 2. The molecule has 2 amide bonds. The number of hydrogen-bond acceptors (Lipinski definition) is 4. The van der Waals surface area contributed by atoms with Crippen molar-refractivity contribution in [1.82, 2.24) is 5.01 Å². The lowest BCUT2D eigenvalue weighted by Crippen LogP contribution is -2.40. The number of amides is 2. The zero-order valence-corrected chi connectivity index (χ0v) is 17.5. The van der Waals surface area contributed by atoms with Crippen LogP contribution >= 0.6 is 11.6 Å². The fourth-order valence-corrected chi connectivity index (χ4v) is 5.70. The second kappa shape index (κ2) is 7.06. The van der Waals surface area contributed by atoms with Crippen molar-refractivity contribution in [3.8, 4) is 5.75 Å². The van der Waals surface area contributed by atoms with Crippen LogP contribution in [0.2, 0.25) is 5.02 Å². The van der Waals surface area contributed by atoms with Gasteiger partial charge in [0.1, 0.15) is 12.4 Å². The highest BCUT2D eigenvalue weighted by molar-refractivity contribution is 6.30. The predicted molar refractivity (Wildman–Crippen MR) is 116 cm³/mol. The molecule has 3 fully saturated rings.